The molecule has 3 amide bonds. The standard InChI is InChI=1S/C32H34F6N4O9S2/c33-31(34,35)24-17-23(18-25(20-24)32(36,37)38)30(45)42-13-14-50-15-16-51-53(48,49)27-6-4-5-22(19-27)29(44)41-12-3-1-2-11-40-28(43)21-7-9-26(10-8-21)52(39,46)47/h4-10,17-20H,1-3,11-16H2,(H,40,43)(H,41,44)(H,42,45)(H2,39,46,47). The number of amides is 3. The van der Waals surface area contributed by atoms with Crippen LogP contribution >= 0.6 is 0 Å². The second kappa shape index (κ2) is 18.5. The Balaban J connectivity index is 1.34. The minimum absolute atomic E-state index is 0.0329. The maximum atomic E-state index is 13.0. The molecule has 0 aromatic heterocycles. The van der Waals surface area contributed by atoms with E-state index in [2.05, 4.69) is 16.0 Å². The summed E-state index contributed by atoms with van der Waals surface area (Å²) in [6.45, 7) is -0.871. The van der Waals surface area contributed by atoms with E-state index in [0.29, 0.717) is 25.8 Å². The molecule has 3 rings (SSSR count). The molecular formula is C32H34F6N4O9S2. The quantitative estimate of drug-likeness (QED) is 0.0839. The van der Waals surface area contributed by atoms with Crippen LogP contribution < -0.4 is 21.1 Å². The number of rotatable bonds is 18. The zero-order chi connectivity index (χ0) is 39.5. The lowest BCUT2D eigenvalue weighted by Gasteiger charge is -2.14. The van der Waals surface area contributed by atoms with Crippen molar-refractivity contribution in [1.29, 1.82) is 0 Å². The van der Waals surface area contributed by atoms with Gasteiger partial charge in [0.2, 0.25) is 10.0 Å². The van der Waals surface area contributed by atoms with Gasteiger partial charge < -0.3 is 20.7 Å². The second-order valence-electron chi connectivity index (χ2n) is 11.1. The Kier molecular flexibility index (Phi) is 14.9. The largest absolute Gasteiger partial charge is 0.416 e. The average molecular weight is 797 g/mol. The summed E-state index contributed by atoms with van der Waals surface area (Å²) < 4.78 is 136. The number of ether oxygens (including phenoxy) is 1. The van der Waals surface area contributed by atoms with Crippen LogP contribution in [0, 0.1) is 0 Å². The monoisotopic (exact) mass is 796 g/mol. The third-order valence-corrected chi connectivity index (χ3v) is 9.34. The molecule has 0 aliphatic carbocycles. The molecule has 0 aliphatic rings. The SMILES string of the molecule is NS(=O)(=O)c1ccc(C(=O)NCCCCCNC(=O)c2cccc(S(=O)(=O)OCCOCCNC(=O)c3cc(C(F)(F)F)cc(C(F)(F)F)c3)c2)cc1. The number of primary sulfonamides is 1. The van der Waals surface area contributed by atoms with Crippen LogP contribution in [0.25, 0.3) is 0 Å². The topological polar surface area (TPSA) is 200 Å². The highest BCUT2D eigenvalue weighted by molar-refractivity contribution is 7.89. The van der Waals surface area contributed by atoms with Crippen molar-refractivity contribution >= 4 is 37.9 Å². The third-order valence-electron chi connectivity index (χ3n) is 7.10. The van der Waals surface area contributed by atoms with Gasteiger partial charge in [0.05, 0.1) is 40.7 Å². The number of carbonyl (C=O) groups is 3. The number of hydrogen-bond acceptors (Lipinski definition) is 9. The number of sulfonamides is 1. The van der Waals surface area contributed by atoms with E-state index in [-0.39, 0.29) is 65.4 Å². The first-order valence-corrected chi connectivity index (χ1v) is 18.5. The van der Waals surface area contributed by atoms with Crippen LogP contribution in [-0.2, 0) is 41.4 Å². The van der Waals surface area contributed by atoms with Gasteiger partial charge in [-0.3, -0.25) is 18.6 Å². The maximum absolute atomic E-state index is 13.0. The van der Waals surface area contributed by atoms with Crippen molar-refractivity contribution in [2.75, 3.05) is 39.5 Å². The van der Waals surface area contributed by atoms with Crippen LogP contribution in [0.4, 0.5) is 26.3 Å². The van der Waals surface area contributed by atoms with Gasteiger partial charge in [0.1, 0.15) is 0 Å². The zero-order valence-corrected chi connectivity index (χ0v) is 29.2. The fraction of sp³-hybridized carbons (Fsp3) is 0.344. The fourth-order valence-corrected chi connectivity index (χ4v) is 5.88. The molecule has 0 heterocycles. The van der Waals surface area contributed by atoms with Gasteiger partial charge in [0, 0.05) is 36.3 Å². The van der Waals surface area contributed by atoms with Gasteiger partial charge >= 0.3 is 12.4 Å². The molecule has 5 N–H and O–H groups in total. The van der Waals surface area contributed by atoms with Crippen LogP contribution in [0.2, 0.25) is 0 Å². The van der Waals surface area contributed by atoms with Gasteiger partial charge in [-0.25, -0.2) is 13.6 Å². The minimum Gasteiger partial charge on any atom is -0.377 e. The highest BCUT2D eigenvalue weighted by Crippen LogP contribution is 2.36. The summed E-state index contributed by atoms with van der Waals surface area (Å²) in [4.78, 5) is 36.5. The lowest BCUT2D eigenvalue weighted by atomic mass is 10.0. The van der Waals surface area contributed by atoms with Crippen LogP contribution in [-0.4, -0.2) is 74.0 Å². The van der Waals surface area contributed by atoms with E-state index in [4.69, 9.17) is 14.1 Å². The van der Waals surface area contributed by atoms with Crippen LogP contribution in [0.5, 0.6) is 0 Å². The summed E-state index contributed by atoms with van der Waals surface area (Å²) in [5.74, 6) is -2.17. The molecule has 53 heavy (non-hydrogen) atoms. The van der Waals surface area contributed by atoms with Crippen molar-refractivity contribution < 1.29 is 66.5 Å². The summed E-state index contributed by atoms with van der Waals surface area (Å²) in [7, 11) is -8.22. The zero-order valence-electron chi connectivity index (χ0n) is 27.6. The lowest BCUT2D eigenvalue weighted by molar-refractivity contribution is -0.143. The predicted molar refractivity (Wildman–Crippen MR) is 176 cm³/mol. The van der Waals surface area contributed by atoms with E-state index in [9.17, 15) is 57.6 Å². The molecular weight excluding hydrogens is 762 g/mol. The van der Waals surface area contributed by atoms with E-state index in [1.165, 1.54) is 42.5 Å². The van der Waals surface area contributed by atoms with Gasteiger partial charge in [-0.2, -0.15) is 34.8 Å². The van der Waals surface area contributed by atoms with E-state index in [1.54, 1.807) is 0 Å². The van der Waals surface area contributed by atoms with Crippen molar-refractivity contribution in [3.05, 3.63) is 94.5 Å². The number of benzene rings is 3. The Morgan fingerprint density at radius 2 is 1.11 bits per heavy atom. The molecule has 0 fully saturated rings. The molecule has 13 nitrogen and oxygen atoms in total. The van der Waals surface area contributed by atoms with E-state index < -0.39 is 73.5 Å². The van der Waals surface area contributed by atoms with Crippen LogP contribution in [0.15, 0.2) is 76.5 Å². The normalized spacial score (nSPS) is 12.3. The van der Waals surface area contributed by atoms with Crippen molar-refractivity contribution in [2.45, 2.75) is 41.4 Å². The average Bonchev–Trinajstić information content (AvgIpc) is 3.09. The second-order valence-corrected chi connectivity index (χ2v) is 14.3. The maximum Gasteiger partial charge on any atom is 0.416 e. The Morgan fingerprint density at radius 1 is 0.585 bits per heavy atom. The van der Waals surface area contributed by atoms with Crippen molar-refractivity contribution in [1.82, 2.24) is 16.0 Å². The molecule has 3 aromatic carbocycles. The van der Waals surface area contributed by atoms with Gasteiger partial charge in [0.25, 0.3) is 27.8 Å². The summed E-state index contributed by atoms with van der Waals surface area (Å²) in [6.07, 6.45) is -8.51. The molecule has 0 unspecified atom stereocenters. The van der Waals surface area contributed by atoms with Gasteiger partial charge in [-0.15, -0.1) is 0 Å². The van der Waals surface area contributed by atoms with E-state index in [1.807, 2.05) is 0 Å². The molecule has 0 spiro atoms. The highest BCUT2D eigenvalue weighted by atomic mass is 32.2. The van der Waals surface area contributed by atoms with Crippen molar-refractivity contribution in [3.63, 3.8) is 0 Å². The molecule has 3 aromatic rings. The Bertz CT molecular complexity index is 1940. The molecule has 290 valence electrons. The predicted octanol–water partition coefficient (Wildman–Crippen LogP) is 3.85. The number of hydrogen-bond donors (Lipinski definition) is 4. The Hall–Kier alpha value is -4.57. The minimum atomic E-state index is -5.13. The number of carbonyl (C=O) groups excluding carboxylic acids is 3. The van der Waals surface area contributed by atoms with Crippen molar-refractivity contribution in [2.24, 2.45) is 5.14 Å². The van der Waals surface area contributed by atoms with Crippen LogP contribution in [0.3, 0.4) is 0 Å². The van der Waals surface area contributed by atoms with Gasteiger partial charge in [0.15, 0.2) is 0 Å². The smallest absolute Gasteiger partial charge is 0.377 e. The highest BCUT2D eigenvalue weighted by Gasteiger charge is 2.37. The number of nitrogens with one attached hydrogen (secondary N) is 3. The third kappa shape index (κ3) is 13.7. The Labute approximate surface area is 300 Å². The molecule has 0 saturated carbocycles. The summed E-state index contributed by atoms with van der Waals surface area (Å²) in [6, 6.07) is 10.6. The summed E-state index contributed by atoms with van der Waals surface area (Å²) in [5, 5.41) is 12.5. The summed E-state index contributed by atoms with van der Waals surface area (Å²) >= 11 is 0. The van der Waals surface area contributed by atoms with Crippen molar-refractivity contribution in [3.8, 4) is 0 Å². The molecule has 0 atom stereocenters. The molecule has 0 radical (unpaired) electrons. The lowest BCUT2D eigenvalue weighted by Crippen LogP contribution is -2.28. The van der Waals surface area contributed by atoms with E-state index in [0.717, 1.165) is 6.07 Å². The van der Waals surface area contributed by atoms with Gasteiger partial charge in [-0.05, 0) is 79.9 Å². The first-order chi connectivity index (χ1) is 24.7. The summed E-state index contributed by atoms with van der Waals surface area (Å²) in [5.41, 5.74) is -3.88. The number of alkyl halides is 6. The molecule has 0 aliphatic heterocycles. The van der Waals surface area contributed by atoms with E-state index >= 15 is 0 Å². The first kappa shape index (κ1) is 42.8. The van der Waals surface area contributed by atoms with Crippen LogP contribution in [0.1, 0.15) is 61.5 Å². The van der Waals surface area contributed by atoms with Gasteiger partial charge in [-0.1, -0.05) is 6.07 Å². The Morgan fingerprint density at radius 3 is 1.66 bits per heavy atom. The molecule has 21 heteroatoms. The molecule has 0 saturated heterocycles. The number of nitrogens with two attached hydrogens (primary N) is 1. The first-order valence-electron chi connectivity index (χ1n) is 15.5. The molecule has 0 bridgehead atoms. The number of unbranched alkanes of at least 4 members (excludes halogenated alkanes) is 2. The number of halogens is 6. The fourth-order valence-electron chi connectivity index (χ4n) is 4.42.